The smallest absolute Gasteiger partial charge is 0.131 e. The number of aromatic nitrogens is 2. The van der Waals surface area contributed by atoms with Crippen molar-refractivity contribution in [2.45, 2.75) is 25.9 Å². The van der Waals surface area contributed by atoms with Gasteiger partial charge in [0, 0.05) is 17.6 Å². The highest BCUT2D eigenvalue weighted by atomic mass is 16.5. The number of hydrogen-bond acceptors (Lipinski definition) is 4. The summed E-state index contributed by atoms with van der Waals surface area (Å²) in [6.07, 6.45) is 4.03. The monoisotopic (exact) mass is 400 g/mol. The molecular formula is C25H24N2O3. The number of aliphatic hydroxyl groups excluding tert-OH is 1. The molecule has 4 aromatic rings. The lowest BCUT2D eigenvalue weighted by Gasteiger charge is -2.09. The molecule has 1 fully saturated rings. The summed E-state index contributed by atoms with van der Waals surface area (Å²) in [6, 6.07) is 21.4. The molecule has 1 aliphatic rings. The summed E-state index contributed by atoms with van der Waals surface area (Å²) in [7, 11) is 0. The molecule has 0 aliphatic heterocycles. The number of fused-ring (bicyclic) bond motifs is 1. The van der Waals surface area contributed by atoms with Gasteiger partial charge in [-0.25, -0.2) is 4.68 Å². The Morgan fingerprint density at radius 2 is 1.80 bits per heavy atom. The lowest BCUT2D eigenvalue weighted by atomic mass is 10.1. The third kappa shape index (κ3) is 4.16. The van der Waals surface area contributed by atoms with Crippen LogP contribution in [0.5, 0.6) is 17.2 Å². The highest BCUT2D eigenvalue weighted by Gasteiger charge is 2.21. The van der Waals surface area contributed by atoms with Crippen molar-refractivity contribution in [2.75, 3.05) is 6.61 Å². The van der Waals surface area contributed by atoms with Gasteiger partial charge in [0.15, 0.2) is 0 Å². The molecule has 30 heavy (non-hydrogen) atoms. The lowest BCUT2D eigenvalue weighted by molar-refractivity contribution is 0.199. The number of rotatable bonds is 7. The van der Waals surface area contributed by atoms with E-state index in [0.29, 0.717) is 0 Å². The van der Waals surface area contributed by atoms with Crippen molar-refractivity contribution in [3.63, 3.8) is 0 Å². The summed E-state index contributed by atoms with van der Waals surface area (Å²) >= 11 is 0. The normalized spacial score (nSPS) is 14.6. The van der Waals surface area contributed by atoms with Gasteiger partial charge in [-0.1, -0.05) is 18.2 Å². The van der Waals surface area contributed by atoms with E-state index in [2.05, 4.69) is 5.10 Å². The molecule has 0 saturated heterocycles. The molecule has 1 aromatic heterocycles. The van der Waals surface area contributed by atoms with E-state index in [9.17, 15) is 5.11 Å². The van der Waals surface area contributed by atoms with Crippen molar-refractivity contribution in [2.24, 2.45) is 5.92 Å². The first-order valence-corrected chi connectivity index (χ1v) is 10.3. The molecule has 0 unspecified atom stereocenters. The van der Waals surface area contributed by atoms with Crippen LogP contribution in [0.25, 0.3) is 16.6 Å². The molecule has 0 bridgehead atoms. The van der Waals surface area contributed by atoms with Crippen LogP contribution in [-0.4, -0.2) is 21.5 Å². The fourth-order valence-electron chi connectivity index (χ4n) is 3.35. The van der Waals surface area contributed by atoms with Gasteiger partial charge >= 0.3 is 0 Å². The van der Waals surface area contributed by atoms with Crippen LogP contribution in [0.3, 0.4) is 0 Å². The molecule has 0 radical (unpaired) electrons. The summed E-state index contributed by atoms with van der Waals surface area (Å²) in [5, 5.41) is 15.4. The Kier molecular flexibility index (Phi) is 4.89. The highest BCUT2D eigenvalue weighted by Crippen LogP contribution is 2.31. The average Bonchev–Trinajstić information content (AvgIpc) is 3.49. The SMILES string of the molecule is C[C@H](O)c1ccc2cn(-c3ccc(Oc4cccc(OCC5CC5)c4)cc3)nc2c1. The fourth-order valence-corrected chi connectivity index (χ4v) is 3.35. The van der Waals surface area contributed by atoms with Crippen LogP contribution in [0.2, 0.25) is 0 Å². The Hall–Kier alpha value is -3.31. The van der Waals surface area contributed by atoms with Crippen LogP contribution in [0, 0.1) is 5.92 Å². The molecule has 5 rings (SSSR count). The molecule has 1 aliphatic carbocycles. The number of nitrogens with zero attached hydrogens (tertiary/aromatic N) is 2. The van der Waals surface area contributed by atoms with E-state index >= 15 is 0 Å². The minimum Gasteiger partial charge on any atom is -0.493 e. The number of aliphatic hydroxyl groups is 1. The fraction of sp³-hybridized carbons (Fsp3) is 0.240. The van der Waals surface area contributed by atoms with E-state index < -0.39 is 6.10 Å². The van der Waals surface area contributed by atoms with Gasteiger partial charge in [-0.2, -0.15) is 5.10 Å². The van der Waals surface area contributed by atoms with Crippen molar-refractivity contribution in [3.8, 4) is 22.9 Å². The van der Waals surface area contributed by atoms with Crippen molar-refractivity contribution in [1.29, 1.82) is 0 Å². The van der Waals surface area contributed by atoms with Crippen molar-refractivity contribution in [1.82, 2.24) is 9.78 Å². The van der Waals surface area contributed by atoms with Crippen molar-refractivity contribution < 1.29 is 14.6 Å². The first-order chi connectivity index (χ1) is 14.6. The Labute approximate surface area is 175 Å². The second-order valence-electron chi connectivity index (χ2n) is 7.89. The summed E-state index contributed by atoms with van der Waals surface area (Å²) in [6.45, 7) is 2.54. The van der Waals surface area contributed by atoms with E-state index in [-0.39, 0.29) is 0 Å². The maximum Gasteiger partial charge on any atom is 0.131 e. The third-order valence-electron chi connectivity index (χ3n) is 5.34. The summed E-state index contributed by atoms with van der Waals surface area (Å²) < 4.78 is 13.7. The van der Waals surface area contributed by atoms with Gasteiger partial charge in [0.2, 0.25) is 0 Å². The lowest BCUT2D eigenvalue weighted by Crippen LogP contribution is -1.98. The third-order valence-corrected chi connectivity index (χ3v) is 5.34. The topological polar surface area (TPSA) is 56.5 Å². The molecule has 0 spiro atoms. The summed E-state index contributed by atoms with van der Waals surface area (Å²) in [5.74, 6) is 3.08. The van der Waals surface area contributed by atoms with E-state index in [1.807, 2.05) is 77.6 Å². The molecule has 5 nitrogen and oxygen atoms in total. The molecule has 1 heterocycles. The molecular weight excluding hydrogens is 376 g/mol. The van der Waals surface area contributed by atoms with Crippen LogP contribution < -0.4 is 9.47 Å². The largest absolute Gasteiger partial charge is 0.493 e. The van der Waals surface area contributed by atoms with Gasteiger partial charge in [-0.15, -0.1) is 0 Å². The maximum atomic E-state index is 9.78. The molecule has 0 amide bonds. The molecule has 5 heteroatoms. The quantitative estimate of drug-likeness (QED) is 0.435. The average molecular weight is 400 g/mol. The zero-order valence-corrected chi connectivity index (χ0v) is 16.9. The van der Waals surface area contributed by atoms with E-state index in [1.165, 1.54) is 12.8 Å². The van der Waals surface area contributed by atoms with Gasteiger partial charge in [0.05, 0.1) is 23.9 Å². The predicted octanol–water partition coefficient (Wildman–Crippen LogP) is 5.66. The molecule has 152 valence electrons. The van der Waals surface area contributed by atoms with Gasteiger partial charge < -0.3 is 14.6 Å². The number of hydrogen-bond donors (Lipinski definition) is 1. The summed E-state index contributed by atoms with van der Waals surface area (Å²) in [5.41, 5.74) is 2.66. The van der Waals surface area contributed by atoms with Gasteiger partial charge in [0.1, 0.15) is 17.2 Å². The maximum absolute atomic E-state index is 9.78. The second-order valence-corrected chi connectivity index (χ2v) is 7.89. The van der Waals surface area contributed by atoms with Gasteiger partial charge in [0.25, 0.3) is 0 Å². The van der Waals surface area contributed by atoms with E-state index in [1.54, 1.807) is 6.92 Å². The molecule has 1 N–H and O–H groups in total. The zero-order valence-electron chi connectivity index (χ0n) is 16.9. The van der Waals surface area contributed by atoms with Crippen LogP contribution in [0.1, 0.15) is 31.4 Å². The number of benzene rings is 3. The van der Waals surface area contributed by atoms with Gasteiger partial charge in [-0.05, 0) is 73.7 Å². The Bertz CT molecular complexity index is 1160. The Morgan fingerprint density at radius 1 is 1.00 bits per heavy atom. The van der Waals surface area contributed by atoms with Gasteiger partial charge in [-0.3, -0.25) is 0 Å². The molecule has 3 aromatic carbocycles. The van der Waals surface area contributed by atoms with Crippen molar-refractivity contribution in [3.05, 3.63) is 78.5 Å². The molecule has 1 saturated carbocycles. The van der Waals surface area contributed by atoms with Crippen LogP contribution >= 0.6 is 0 Å². The summed E-state index contributed by atoms with van der Waals surface area (Å²) in [4.78, 5) is 0. The molecule has 1 atom stereocenters. The first kappa shape index (κ1) is 18.7. The first-order valence-electron chi connectivity index (χ1n) is 10.3. The van der Waals surface area contributed by atoms with Crippen molar-refractivity contribution >= 4 is 10.9 Å². The Balaban J connectivity index is 1.30. The second kappa shape index (κ2) is 7.84. The predicted molar refractivity (Wildman–Crippen MR) is 116 cm³/mol. The standard InChI is InChI=1S/C25H24N2O3/c1-17(28)19-7-8-20-15-27(26-25(20)13-19)21-9-11-22(12-10-21)30-24-4-2-3-23(14-24)29-16-18-5-6-18/h2-4,7-15,17-18,28H,5-6,16H2,1H3/t17-/m0/s1. The number of ether oxygens (including phenoxy) is 2. The van der Waals surface area contributed by atoms with E-state index in [4.69, 9.17) is 9.47 Å². The minimum atomic E-state index is -0.506. The van der Waals surface area contributed by atoms with Crippen LogP contribution in [-0.2, 0) is 0 Å². The highest BCUT2D eigenvalue weighted by molar-refractivity contribution is 5.79. The van der Waals surface area contributed by atoms with E-state index in [0.717, 1.165) is 51.9 Å². The minimum absolute atomic E-state index is 0.506. The zero-order chi connectivity index (χ0) is 20.5. The Morgan fingerprint density at radius 3 is 2.57 bits per heavy atom. The van der Waals surface area contributed by atoms with Crippen LogP contribution in [0.15, 0.2) is 72.9 Å². The van der Waals surface area contributed by atoms with Crippen LogP contribution in [0.4, 0.5) is 0 Å².